The molecule has 0 aromatic heterocycles. The van der Waals surface area contributed by atoms with Crippen LogP contribution in [0, 0.1) is 20.8 Å². The first kappa shape index (κ1) is 19.0. The highest BCUT2D eigenvalue weighted by molar-refractivity contribution is 6.30. The van der Waals surface area contributed by atoms with Crippen LogP contribution in [0.15, 0.2) is 36.4 Å². The Morgan fingerprint density at radius 3 is 2.12 bits per heavy atom. The molecule has 0 bridgehead atoms. The smallest absolute Gasteiger partial charge is 0.226 e. The van der Waals surface area contributed by atoms with Crippen molar-refractivity contribution in [2.75, 3.05) is 16.8 Å². The minimum atomic E-state index is -0.143. The van der Waals surface area contributed by atoms with E-state index in [-0.39, 0.29) is 18.2 Å². The van der Waals surface area contributed by atoms with Crippen molar-refractivity contribution in [2.45, 2.75) is 34.1 Å². The fourth-order valence-electron chi connectivity index (χ4n) is 2.99. The van der Waals surface area contributed by atoms with E-state index >= 15 is 0 Å². The number of carbonyl (C=O) groups is 2. The second-order valence-corrected chi connectivity index (χ2v) is 6.66. The molecule has 0 saturated heterocycles. The second kappa shape index (κ2) is 8.17. The number of hydrogen-bond donors (Lipinski definition) is 1. The van der Waals surface area contributed by atoms with Crippen molar-refractivity contribution < 1.29 is 9.59 Å². The highest BCUT2D eigenvalue weighted by Gasteiger charge is 2.18. The molecular weight excluding hydrogens is 336 g/mol. The third-order valence-electron chi connectivity index (χ3n) is 3.98. The molecule has 1 N–H and O–H groups in total. The lowest BCUT2D eigenvalue weighted by Gasteiger charge is -2.25. The summed E-state index contributed by atoms with van der Waals surface area (Å²) in [5.74, 6) is -0.217. The molecule has 2 amide bonds. The Kier molecular flexibility index (Phi) is 6.21. The number of nitrogens with one attached hydrogen (secondary N) is 1. The van der Waals surface area contributed by atoms with Gasteiger partial charge in [-0.1, -0.05) is 29.3 Å². The molecule has 2 aromatic carbocycles. The number of nitrogens with zero attached hydrogens (tertiary/aromatic N) is 1. The van der Waals surface area contributed by atoms with Crippen LogP contribution < -0.4 is 10.2 Å². The van der Waals surface area contributed by atoms with Crippen molar-refractivity contribution in [1.82, 2.24) is 0 Å². The zero-order valence-corrected chi connectivity index (χ0v) is 15.8. The number of benzene rings is 2. The van der Waals surface area contributed by atoms with E-state index in [1.807, 2.05) is 32.9 Å². The summed E-state index contributed by atoms with van der Waals surface area (Å²) in [7, 11) is 0. The van der Waals surface area contributed by atoms with Gasteiger partial charge in [0.25, 0.3) is 0 Å². The summed E-state index contributed by atoms with van der Waals surface area (Å²) in [5.41, 5.74) is 4.79. The van der Waals surface area contributed by atoms with Crippen LogP contribution in [0.4, 0.5) is 11.4 Å². The van der Waals surface area contributed by atoms with Crippen molar-refractivity contribution in [1.29, 1.82) is 0 Å². The Morgan fingerprint density at radius 2 is 1.60 bits per heavy atom. The van der Waals surface area contributed by atoms with Crippen LogP contribution >= 0.6 is 11.6 Å². The first-order valence-corrected chi connectivity index (χ1v) is 8.57. The summed E-state index contributed by atoms with van der Waals surface area (Å²) in [5, 5.41) is 3.43. The van der Waals surface area contributed by atoms with Crippen LogP contribution in [0.3, 0.4) is 0 Å². The molecule has 25 heavy (non-hydrogen) atoms. The average Bonchev–Trinajstić information content (AvgIpc) is 2.51. The number of rotatable bonds is 5. The van der Waals surface area contributed by atoms with Gasteiger partial charge in [0.05, 0.1) is 0 Å². The molecule has 0 aliphatic rings. The summed E-state index contributed by atoms with van der Waals surface area (Å²) in [6.07, 6.45) is 0.217. The average molecular weight is 359 g/mol. The van der Waals surface area contributed by atoms with Gasteiger partial charge in [0, 0.05) is 36.3 Å². The first-order chi connectivity index (χ1) is 11.8. The molecule has 0 heterocycles. The molecule has 4 nitrogen and oxygen atoms in total. The standard InChI is InChI=1S/C20H23ClN2O2/c1-13-11-14(2)20(15(3)12-13)23(16(4)24)10-9-19(25)22-18-7-5-17(21)6-8-18/h5-8,11-12H,9-10H2,1-4H3,(H,22,25). The normalized spacial score (nSPS) is 10.4. The molecule has 0 radical (unpaired) electrons. The Balaban J connectivity index is 2.09. The minimum absolute atomic E-state index is 0.0747. The fourth-order valence-corrected chi connectivity index (χ4v) is 3.12. The molecule has 132 valence electrons. The molecule has 0 spiro atoms. The largest absolute Gasteiger partial charge is 0.326 e. The van der Waals surface area contributed by atoms with Gasteiger partial charge in [-0.15, -0.1) is 0 Å². The molecule has 0 fully saturated rings. The quantitative estimate of drug-likeness (QED) is 0.845. The highest BCUT2D eigenvalue weighted by Crippen LogP contribution is 2.26. The number of hydrogen-bond acceptors (Lipinski definition) is 2. The number of aryl methyl sites for hydroxylation is 3. The topological polar surface area (TPSA) is 49.4 Å². The van der Waals surface area contributed by atoms with Crippen LogP contribution in [-0.4, -0.2) is 18.4 Å². The van der Waals surface area contributed by atoms with Crippen molar-refractivity contribution in [2.24, 2.45) is 0 Å². The lowest BCUT2D eigenvalue weighted by atomic mass is 10.0. The maximum absolute atomic E-state index is 12.2. The highest BCUT2D eigenvalue weighted by atomic mass is 35.5. The van der Waals surface area contributed by atoms with E-state index in [0.29, 0.717) is 17.3 Å². The number of halogens is 1. The molecule has 5 heteroatoms. The Hall–Kier alpha value is -2.33. The van der Waals surface area contributed by atoms with Crippen molar-refractivity contribution in [3.05, 3.63) is 58.1 Å². The minimum Gasteiger partial charge on any atom is -0.326 e. The fraction of sp³-hybridized carbons (Fsp3) is 0.300. The predicted octanol–water partition coefficient (Wildman–Crippen LogP) is 4.65. The molecule has 0 saturated carbocycles. The summed E-state index contributed by atoms with van der Waals surface area (Å²) in [4.78, 5) is 26.0. The van der Waals surface area contributed by atoms with Crippen LogP contribution in [0.25, 0.3) is 0 Å². The Bertz CT molecular complexity index is 762. The SMILES string of the molecule is CC(=O)N(CCC(=O)Nc1ccc(Cl)cc1)c1c(C)cc(C)cc1C. The summed E-state index contributed by atoms with van der Waals surface area (Å²) in [6.45, 7) is 7.86. The van der Waals surface area contributed by atoms with Gasteiger partial charge >= 0.3 is 0 Å². The van der Waals surface area contributed by atoms with Gasteiger partial charge in [0.15, 0.2) is 0 Å². The molecule has 0 atom stereocenters. The van der Waals surface area contributed by atoms with Gasteiger partial charge < -0.3 is 10.2 Å². The van der Waals surface area contributed by atoms with Crippen LogP contribution in [0.5, 0.6) is 0 Å². The van der Waals surface area contributed by atoms with E-state index in [1.54, 1.807) is 29.2 Å². The van der Waals surface area contributed by atoms with E-state index in [2.05, 4.69) is 5.32 Å². The maximum atomic E-state index is 12.2. The van der Waals surface area contributed by atoms with E-state index in [4.69, 9.17) is 11.6 Å². The zero-order valence-electron chi connectivity index (χ0n) is 15.0. The second-order valence-electron chi connectivity index (χ2n) is 6.22. The maximum Gasteiger partial charge on any atom is 0.226 e. The van der Waals surface area contributed by atoms with Crippen LogP contribution in [0.1, 0.15) is 30.0 Å². The van der Waals surface area contributed by atoms with Gasteiger partial charge in [-0.25, -0.2) is 0 Å². The van der Waals surface area contributed by atoms with E-state index in [9.17, 15) is 9.59 Å². The third-order valence-corrected chi connectivity index (χ3v) is 4.23. The predicted molar refractivity (Wildman–Crippen MR) is 103 cm³/mol. The van der Waals surface area contributed by atoms with Crippen LogP contribution in [-0.2, 0) is 9.59 Å². The number of anilines is 2. The number of amides is 2. The van der Waals surface area contributed by atoms with Gasteiger partial charge in [-0.05, 0) is 56.2 Å². The van der Waals surface area contributed by atoms with Gasteiger partial charge in [-0.3, -0.25) is 9.59 Å². The van der Waals surface area contributed by atoms with Crippen molar-refractivity contribution in [3.8, 4) is 0 Å². The summed E-state index contributed by atoms with van der Waals surface area (Å²) in [6, 6.07) is 11.0. The van der Waals surface area contributed by atoms with E-state index in [1.165, 1.54) is 6.92 Å². The van der Waals surface area contributed by atoms with Gasteiger partial charge in [-0.2, -0.15) is 0 Å². The Morgan fingerprint density at radius 1 is 1.04 bits per heavy atom. The molecule has 0 unspecified atom stereocenters. The first-order valence-electron chi connectivity index (χ1n) is 8.19. The van der Waals surface area contributed by atoms with Gasteiger partial charge in [0.2, 0.25) is 11.8 Å². The molecule has 2 rings (SSSR count). The van der Waals surface area contributed by atoms with Crippen molar-refractivity contribution in [3.63, 3.8) is 0 Å². The monoisotopic (exact) mass is 358 g/mol. The lowest BCUT2D eigenvalue weighted by Crippen LogP contribution is -2.33. The Labute approximate surface area is 153 Å². The summed E-state index contributed by atoms with van der Waals surface area (Å²) >= 11 is 5.84. The van der Waals surface area contributed by atoms with Gasteiger partial charge in [0.1, 0.15) is 0 Å². The van der Waals surface area contributed by atoms with Crippen LogP contribution in [0.2, 0.25) is 5.02 Å². The van der Waals surface area contributed by atoms with Crippen molar-refractivity contribution >= 4 is 34.8 Å². The molecular formula is C20H23ClN2O2. The summed E-state index contributed by atoms with van der Waals surface area (Å²) < 4.78 is 0. The molecule has 2 aromatic rings. The lowest BCUT2D eigenvalue weighted by molar-refractivity contribution is -0.117. The van der Waals surface area contributed by atoms with E-state index < -0.39 is 0 Å². The zero-order chi connectivity index (χ0) is 18.6. The number of carbonyl (C=O) groups excluding carboxylic acids is 2. The molecule has 0 aliphatic heterocycles. The molecule has 0 aliphatic carbocycles. The van der Waals surface area contributed by atoms with E-state index in [0.717, 1.165) is 22.4 Å². The third kappa shape index (κ3) is 5.07.